The summed E-state index contributed by atoms with van der Waals surface area (Å²) in [7, 11) is 0. The molecule has 1 aromatic heterocycles. The lowest BCUT2D eigenvalue weighted by atomic mass is 10.4. The van der Waals surface area contributed by atoms with Crippen molar-refractivity contribution in [1.29, 1.82) is 0 Å². The van der Waals surface area contributed by atoms with Gasteiger partial charge in [0.15, 0.2) is 0 Å². The molecule has 1 saturated carbocycles. The highest BCUT2D eigenvalue weighted by molar-refractivity contribution is 9.10. The highest BCUT2D eigenvalue weighted by atomic mass is 79.9. The number of halogens is 1. The third-order valence-corrected chi connectivity index (χ3v) is 4.19. The second-order valence-electron chi connectivity index (χ2n) is 3.27. The second-order valence-corrected chi connectivity index (χ2v) is 5.47. The Balaban J connectivity index is 1.93. The van der Waals surface area contributed by atoms with Crippen molar-refractivity contribution >= 4 is 27.3 Å². The van der Waals surface area contributed by atoms with E-state index < -0.39 is 0 Å². The maximum atomic E-state index is 3.52. The fourth-order valence-corrected chi connectivity index (χ4v) is 2.69. The molecule has 0 aliphatic heterocycles. The normalized spacial score (nSPS) is 16.8. The third-order valence-electron chi connectivity index (χ3n) is 2.05. The van der Waals surface area contributed by atoms with Gasteiger partial charge in [-0.05, 0) is 41.8 Å². The average Bonchev–Trinajstić information content (AvgIpc) is 2.78. The van der Waals surface area contributed by atoms with E-state index in [1.165, 1.54) is 27.1 Å². The molecule has 0 unspecified atom stereocenters. The molecule has 1 aromatic rings. The Morgan fingerprint density at radius 2 is 2.42 bits per heavy atom. The molecular formula is C9H12BrNS. The summed E-state index contributed by atoms with van der Waals surface area (Å²) >= 11 is 5.40. The van der Waals surface area contributed by atoms with Crippen molar-refractivity contribution in [2.75, 3.05) is 0 Å². The summed E-state index contributed by atoms with van der Waals surface area (Å²) in [5, 5.41) is 3.50. The van der Waals surface area contributed by atoms with Crippen LogP contribution in [0.4, 0.5) is 0 Å². The van der Waals surface area contributed by atoms with Gasteiger partial charge in [-0.3, -0.25) is 0 Å². The Kier molecular flexibility index (Phi) is 2.53. The van der Waals surface area contributed by atoms with E-state index >= 15 is 0 Å². The lowest BCUT2D eigenvalue weighted by molar-refractivity contribution is 0.695. The van der Waals surface area contributed by atoms with Crippen molar-refractivity contribution in [3.05, 3.63) is 20.3 Å². The minimum absolute atomic E-state index is 0.811. The smallest absolute Gasteiger partial charge is 0.0314 e. The standard InChI is InChI=1S/C9H12BrNS/c1-6-9(10)4-8(12-6)5-11-7-2-3-7/h4,7,11H,2-3,5H2,1H3. The molecule has 1 N–H and O–H groups in total. The van der Waals surface area contributed by atoms with Gasteiger partial charge in [-0.1, -0.05) is 0 Å². The van der Waals surface area contributed by atoms with Gasteiger partial charge in [0.1, 0.15) is 0 Å². The van der Waals surface area contributed by atoms with Crippen LogP contribution in [-0.4, -0.2) is 6.04 Å². The van der Waals surface area contributed by atoms with Crippen LogP contribution in [-0.2, 0) is 6.54 Å². The molecule has 0 spiro atoms. The number of rotatable bonds is 3. The van der Waals surface area contributed by atoms with E-state index in [9.17, 15) is 0 Å². The average molecular weight is 246 g/mol. The zero-order valence-electron chi connectivity index (χ0n) is 7.06. The fraction of sp³-hybridized carbons (Fsp3) is 0.556. The fourth-order valence-electron chi connectivity index (χ4n) is 1.14. The topological polar surface area (TPSA) is 12.0 Å². The third kappa shape index (κ3) is 2.09. The molecule has 1 aliphatic rings. The molecule has 0 amide bonds. The summed E-state index contributed by atoms with van der Waals surface area (Å²) in [4.78, 5) is 2.81. The number of aryl methyl sites for hydroxylation is 1. The van der Waals surface area contributed by atoms with Crippen LogP contribution in [0.15, 0.2) is 10.5 Å². The molecule has 2 rings (SSSR count). The van der Waals surface area contributed by atoms with E-state index in [2.05, 4.69) is 34.2 Å². The molecule has 0 saturated heterocycles. The van der Waals surface area contributed by atoms with Crippen molar-refractivity contribution in [2.24, 2.45) is 0 Å². The summed E-state index contributed by atoms with van der Waals surface area (Å²) in [5.41, 5.74) is 0. The van der Waals surface area contributed by atoms with Crippen LogP contribution in [0.5, 0.6) is 0 Å². The van der Waals surface area contributed by atoms with Crippen LogP contribution in [0, 0.1) is 6.92 Å². The maximum Gasteiger partial charge on any atom is 0.0314 e. The molecule has 0 bridgehead atoms. The Morgan fingerprint density at radius 1 is 1.67 bits per heavy atom. The molecule has 0 radical (unpaired) electrons. The van der Waals surface area contributed by atoms with Crippen molar-refractivity contribution < 1.29 is 0 Å². The van der Waals surface area contributed by atoms with Crippen molar-refractivity contribution in [1.82, 2.24) is 5.32 Å². The summed E-state index contributed by atoms with van der Waals surface area (Å²) in [5.74, 6) is 0. The van der Waals surface area contributed by atoms with Crippen LogP contribution >= 0.6 is 27.3 Å². The highest BCUT2D eigenvalue weighted by Gasteiger charge is 2.20. The number of thiophene rings is 1. The Bertz CT molecular complexity index is 259. The van der Waals surface area contributed by atoms with Crippen molar-refractivity contribution in [3.63, 3.8) is 0 Å². The largest absolute Gasteiger partial charge is 0.309 e. The minimum Gasteiger partial charge on any atom is -0.309 e. The van der Waals surface area contributed by atoms with Crippen LogP contribution in [0.25, 0.3) is 0 Å². The van der Waals surface area contributed by atoms with Crippen LogP contribution < -0.4 is 5.32 Å². The quantitative estimate of drug-likeness (QED) is 0.864. The number of hydrogen-bond donors (Lipinski definition) is 1. The molecule has 3 heteroatoms. The van der Waals surface area contributed by atoms with E-state index in [0.717, 1.165) is 12.6 Å². The van der Waals surface area contributed by atoms with Gasteiger partial charge in [0, 0.05) is 26.8 Å². The van der Waals surface area contributed by atoms with E-state index in [1.807, 2.05) is 11.3 Å². The van der Waals surface area contributed by atoms with Gasteiger partial charge in [0.05, 0.1) is 0 Å². The summed E-state index contributed by atoms with van der Waals surface area (Å²) in [6.45, 7) is 3.19. The first-order valence-corrected chi connectivity index (χ1v) is 5.85. The van der Waals surface area contributed by atoms with E-state index in [0.29, 0.717) is 0 Å². The Morgan fingerprint density at radius 3 is 2.92 bits per heavy atom. The zero-order chi connectivity index (χ0) is 8.55. The van der Waals surface area contributed by atoms with E-state index in [-0.39, 0.29) is 0 Å². The highest BCUT2D eigenvalue weighted by Crippen LogP contribution is 2.27. The van der Waals surface area contributed by atoms with Gasteiger partial charge in [-0.25, -0.2) is 0 Å². The molecule has 12 heavy (non-hydrogen) atoms. The zero-order valence-corrected chi connectivity index (χ0v) is 9.46. The maximum absolute atomic E-state index is 3.52. The molecule has 0 aromatic carbocycles. The lowest BCUT2D eigenvalue weighted by Crippen LogP contribution is -2.14. The predicted molar refractivity (Wildman–Crippen MR) is 56.6 cm³/mol. The molecule has 1 aliphatic carbocycles. The van der Waals surface area contributed by atoms with Crippen LogP contribution in [0.1, 0.15) is 22.6 Å². The van der Waals surface area contributed by atoms with Gasteiger partial charge < -0.3 is 5.32 Å². The molecule has 66 valence electrons. The molecule has 1 fully saturated rings. The summed E-state index contributed by atoms with van der Waals surface area (Å²) in [6.07, 6.45) is 2.73. The van der Waals surface area contributed by atoms with Gasteiger partial charge in [0.25, 0.3) is 0 Å². The van der Waals surface area contributed by atoms with Gasteiger partial charge >= 0.3 is 0 Å². The first-order valence-electron chi connectivity index (χ1n) is 4.24. The Hall–Kier alpha value is 0.140. The summed E-state index contributed by atoms with van der Waals surface area (Å²) in [6, 6.07) is 3.03. The van der Waals surface area contributed by atoms with Crippen LogP contribution in [0.2, 0.25) is 0 Å². The lowest BCUT2D eigenvalue weighted by Gasteiger charge is -1.97. The van der Waals surface area contributed by atoms with Gasteiger partial charge in [0.2, 0.25) is 0 Å². The number of nitrogens with one attached hydrogen (secondary N) is 1. The van der Waals surface area contributed by atoms with Gasteiger partial charge in [-0.15, -0.1) is 11.3 Å². The molecule has 1 nitrogen and oxygen atoms in total. The SMILES string of the molecule is Cc1sc(CNC2CC2)cc1Br. The van der Waals surface area contributed by atoms with Crippen molar-refractivity contribution in [2.45, 2.75) is 32.4 Å². The second kappa shape index (κ2) is 3.48. The summed E-state index contributed by atoms with van der Waals surface area (Å²) < 4.78 is 1.25. The molecule has 0 atom stereocenters. The first kappa shape index (κ1) is 8.73. The minimum atomic E-state index is 0.811. The first-order chi connectivity index (χ1) is 5.75. The van der Waals surface area contributed by atoms with E-state index in [1.54, 1.807) is 0 Å². The van der Waals surface area contributed by atoms with E-state index in [4.69, 9.17) is 0 Å². The van der Waals surface area contributed by atoms with Gasteiger partial charge in [-0.2, -0.15) is 0 Å². The monoisotopic (exact) mass is 245 g/mol. The van der Waals surface area contributed by atoms with Crippen LogP contribution in [0.3, 0.4) is 0 Å². The Labute approximate surface area is 85.3 Å². The molecule has 1 heterocycles. The van der Waals surface area contributed by atoms with Crippen molar-refractivity contribution in [3.8, 4) is 0 Å². The molecular weight excluding hydrogens is 234 g/mol. The predicted octanol–water partition coefficient (Wildman–Crippen LogP) is 3.07. The number of hydrogen-bond acceptors (Lipinski definition) is 2.